The lowest BCUT2D eigenvalue weighted by molar-refractivity contribution is 0.276. The summed E-state index contributed by atoms with van der Waals surface area (Å²) in [6.07, 6.45) is 10.2. The number of piperidine rings is 1. The van der Waals surface area contributed by atoms with Gasteiger partial charge in [0.2, 0.25) is 0 Å². The van der Waals surface area contributed by atoms with Gasteiger partial charge in [-0.1, -0.05) is 12.2 Å². The molecule has 1 fully saturated rings. The highest BCUT2D eigenvalue weighted by Crippen LogP contribution is 2.45. The van der Waals surface area contributed by atoms with Crippen molar-refractivity contribution in [2.45, 2.75) is 25.7 Å². The molecule has 0 aromatic carbocycles. The lowest BCUT2D eigenvalue weighted by Gasteiger charge is -2.41. The number of rotatable bonds is 0. The number of hydrogen-bond donors (Lipinski definition) is 4. The Hall–Kier alpha value is -2.56. The minimum atomic E-state index is -0.152. The standard InChI is InChI=1S/C18H19NO4/c20-15-6-5-10-11(17(15)22)7-8-19-13-4-2-1-3-12(13)18(23)16(21)9-14(10)19/h3-4,6,9-10,20-23H,1-2,5,7-8H2. The summed E-state index contributed by atoms with van der Waals surface area (Å²) in [5.41, 5.74) is 3.23. The van der Waals surface area contributed by atoms with Crippen molar-refractivity contribution >= 4 is 0 Å². The fraction of sp³-hybridized carbons (Fsp3) is 0.333. The molecule has 2 aliphatic carbocycles. The van der Waals surface area contributed by atoms with Crippen molar-refractivity contribution in [3.05, 3.63) is 69.9 Å². The molecule has 23 heavy (non-hydrogen) atoms. The molecule has 0 saturated carbocycles. The van der Waals surface area contributed by atoms with Crippen LogP contribution in [0, 0.1) is 5.92 Å². The van der Waals surface area contributed by atoms with Crippen molar-refractivity contribution < 1.29 is 20.4 Å². The second-order valence-corrected chi connectivity index (χ2v) is 6.24. The van der Waals surface area contributed by atoms with Gasteiger partial charge >= 0.3 is 0 Å². The Morgan fingerprint density at radius 3 is 2.57 bits per heavy atom. The van der Waals surface area contributed by atoms with Crippen molar-refractivity contribution in [2.24, 2.45) is 5.92 Å². The number of allylic oxidation sites excluding steroid dienone is 5. The molecule has 1 unspecified atom stereocenters. The molecule has 1 atom stereocenters. The molecule has 5 nitrogen and oxygen atoms in total. The van der Waals surface area contributed by atoms with E-state index in [2.05, 4.69) is 11.0 Å². The third-order valence-electron chi connectivity index (χ3n) is 4.99. The molecule has 0 bridgehead atoms. The third-order valence-corrected chi connectivity index (χ3v) is 4.99. The summed E-state index contributed by atoms with van der Waals surface area (Å²) in [6, 6.07) is 0. The number of aliphatic hydroxyl groups is 4. The Bertz CT molecular complexity index is 760. The van der Waals surface area contributed by atoms with Crippen LogP contribution in [-0.4, -0.2) is 31.9 Å². The van der Waals surface area contributed by atoms with Gasteiger partial charge in [-0.25, -0.2) is 0 Å². The highest BCUT2D eigenvalue weighted by molar-refractivity contribution is 5.53. The maximum atomic E-state index is 10.3. The molecule has 4 N–H and O–H groups in total. The van der Waals surface area contributed by atoms with Crippen LogP contribution in [0.25, 0.3) is 0 Å². The Labute approximate surface area is 134 Å². The quantitative estimate of drug-likeness (QED) is 0.547. The van der Waals surface area contributed by atoms with E-state index in [-0.39, 0.29) is 29.0 Å². The zero-order valence-corrected chi connectivity index (χ0v) is 12.7. The van der Waals surface area contributed by atoms with Crippen molar-refractivity contribution in [2.75, 3.05) is 6.54 Å². The molecule has 2 heterocycles. The van der Waals surface area contributed by atoms with Gasteiger partial charge in [0.05, 0.1) is 0 Å². The first-order valence-electron chi connectivity index (χ1n) is 7.92. The molecule has 4 aliphatic rings. The topological polar surface area (TPSA) is 84.2 Å². The molecular formula is C18H19NO4. The predicted molar refractivity (Wildman–Crippen MR) is 85.6 cm³/mol. The maximum Gasteiger partial charge on any atom is 0.166 e. The van der Waals surface area contributed by atoms with Crippen LogP contribution in [-0.2, 0) is 0 Å². The second kappa shape index (κ2) is 4.98. The third kappa shape index (κ3) is 2.00. The van der Waals surface area contributed by atoms with E-state index in [9.17, 15) is 20.4 Å². The van der Waals surface area contributed by atoms with Gasteiger partial charge in [0.15, 0.2) is 23.0 Å². The van der Waals surface area contributed by atoms with Gasteiger partial charge in [0.1, 0.15) is 0 Å². The molecule has 2 aliphatic heterocycles. The second-order valence-electron chi connectivity index (χ2n) is 6.24. The van der Waals surface area contributed by atoms with Gasteiger partial charge in [0.25, 0.3) is 0 Å². The van der Waals surface area contributed by atoms with Crippen molar-refractivity contribution in [3.8, 4) is 0 Å². The van der Waals surface area contributed by atoms with Crippen LogP contribution in [0.2, 0.25) is 0 Å². The number of fused-ring (bicyclic) bond motifs is 5. The lowest BCUT2D eigenvalue weighted by atomic mass is 9.81. The van der Waals surface area contributed by atoms with Gasteiger partial charge in [-0.15, -0.1) is 0 Å². The van der Waals surface area contributed by atoms with Gasteiger partial charge in [-0.3, -0.25) is 0 Å². The first-order valence-corrected chi connectivity index (χ1v) is 7.92. The SMILES string of the molecule is OC1=CCC2C3=CC(O)=C(O)C4=CCCC=C4N3CCC2=C1O. The van der Waals surface area contributed by atoms with Crippen LogP contribution < -0.4 is 0 Å². The lowest BCUT2D eigenvalue weighted by Crippen LogP contribution is -2.36. The Kier molecular flexibility index (Phi) is 3.04. The van der Waals surface area contributed by atoms with Crippen LogP contribution in [0.15, 0.2) is 69.9 Å². The Balaban J connectivity index is 1.85. The average molecular weight is 313 g/mol. The van der Waals surface area contributed by atoms with Crippen LogP contribution in [0.3, 0.4) is 0 Å². The van der Waals surface area contributed by atoms with Gasteiger partial charge in [-0.2, -0.15) is 0 Å². The maximum absolute atomic E-state index is 10.3. The molecular weight excluding hydrogens is 294 g/mol. The molecule has 4 rings (SSSR count). The zero-order chi connectivity index (χ0) is 16.1. The molecule has 120 valence electrons. The predicted octanol–water partition coefficient (Wildman–Crippen LogP) is 3.80. The van der Waals surface area contributed by atoms with E-state index in [0.717, 1.165) is 29.8 Å². The summed E-state index contributed by atoms with van der Waals surface area (Å²) in [7, 11) is 0. The summed E-state index contributed by atoms with van der Waals surface area (Å²) in [5, 5.41) is 40.5. The minimum Gasteiger partial charge on any atom is -0.504 e. The summed E-state index contributed by atoms with van der Waals surface area (Å²) in [4.78, 5) is 2.11. The molecule has 0 radical (unpaired) electrons. The normalized spacial score (nSPS) is 27.1. The van der Waals surface area contributed by atoms with Gasteiger partial charge in [-0.05, 0) is 37.3 Å². The van der Waals surface area contributed by atoms with Crippen LogP contribution in [0.5, 0.6) is 0 Å². The van der Waals surface area contributed by atoms with E-state index in [0.29, 0.717) is 25.0 Å². The summed E-state index contributed by atoms with van der Waals surface area (Å²) in [5.74, 6) is -0.467. The minimum absolute atomic E-state index is 0.0490. The molecule has 5 heteroatoms. The van der Waals surface area contributed by atoms with E-state index < -0.39 is 0 Å². The Morgan fingerprint density at radius 1 is 0.957 bits per heavy atom. The van der Waals surface area contributed by atoms with Crippen molar-refractivity contribution in [3.63, 3.8) is 0 Å². The smallest absolute Gasteiger partial charge is 0.166 e. The van der Waals surface area contributed by atoms with Crippen LogP contribution in [0.1, 0.15) is 25.7 Å². The molecule has 0 spiro atoms. The van der Waals surface area contributed by atoms with E-state index in [4.69, 9.17) is 0 Å². The zero-order valence-electron chi connectivity index (χ0n) is 12.7. The average Bonchev–Trinajstić information content (AvgIpc) is 2.67. The monoisotopic (exact) mass is 313 g/mol. The van der Waals surface area contributed by atoms with E-state index in [1.165, 1.54) is 0 Å². The van der Waals surface area contributed by atoms with Crippen molar-refractivity contribution in [1.82, 2.24) is 4.90 Å². The van der Waals surface area contributed by atoms with Gasteiger partial charge < -0.3 is 25.3 Å². The van der Waals surface area contributed by atoms with Crippen LogP contribution in [0.4, 0.5) is 0 Å². The summed E-state index contributed by atoms with van der Waals surface area (Å²) in [6.45, 7) is 0.638. The van der Waals surface area contributed by atoms with Crippen molar-refractivity contribution in [1.29, 1.82) is 0 Å². The van der Waals surface area contributed by atoms with E-state index >= 15 is 0 Å². The molecule has 1 saturated heterocycles. The summed E-state index contributed by atoms with van der Waals surface area (Å²) >= 11 is 0. The number of aliphatic hydroxyl groups excluding tert-OH is 4. The fourth-order valence-electron chi connectivity index (χ4n) is 3.86. The number of hydrogen-bond acceptors (Lipinski definition) is 5. The largest absolute Gasteiger partial charge is 0.504 e. The first-order chi connectivity index (χ1) is 11.1. The summed E-state index contributed by atoms with van der Waals surface area (Å²) < 4.78 is 0. The molecule has 0 aromatic rings. The van der Waals surface area contributed by atoms with E-state index in [1.54, 1.807) is 12.2 Å². The fourth-order valence-corrected chi connectivity index (χ4v) is 3.86. The first kappa shape index (κ1) is 14.1. The highest BCUT2D eigenvalue weighted by Gasteiger charge is 2.38. The van der Waals surface area contributed by atoms with E-state index in [1.807, 2.05) is 6.08 Å². The number of nitrogens with zero attached hydrogens (tertiary/aromatic N) is 1. The molecule has 0 aromatic heterocycles. The van der Waals surface area contributed by atoms with Gasteiger partial charge in [0, 0.05) is 35.5 Å². The Morgan fingerprint density at radius 2 is 1.74 bits per heavy atom. The van der Waals surface area contributed by atoms with Crippen LogP contribution >= 0.6 is 0 Å². The highest BCUT2D eigenvalue weighted by atomic mass is 16.3. The molecule has 0 amide bonds.